The van der Waals surface area contributed by atoms with Gasteiger partial charge in [-0.05, 0) is 63.6 Å². The minimum absolute atomic E-state index is 0.916. The summed E-state index contributed by atoms with van der Waals surface area (Å²) < 4.78 is 5.49. The Kier molecular flexibility index (Phi) is 7.49. The number of methoxy groups -OCH3 is 1. The summed E-state index contributed by atoms with van der Waals surface area (Å²) in [6, 6.07) is 42.0. The zero-order chi connectivity index (χ0) is 23.9. The van der Waals surface area contributed by atoms with E-state index in [4.69, 9.17) is 4.74 Å². The molecule has 1 nitrogen and oxygen atoms in total. The molecule has 4 aromatic carbocycles. The van der Waals surface area contributed by atoms with Gasteiger partial charge in [0.15, 0.2) is 0 Å². The van der Waals surface area contributed by atoms with Crippen molar-refractivity contribution in [1.29, 1.82) is 0 Å². The molecule has 35 heavy (non-hydrogen) atoms. The summed E-state index contributed by atoms with van der Waals surface area (Å²) in [6.07, 6.45) is 7.80. The maximum absolute atomic E-state index is 5.49. The van der Waals surface area contributed by atoms with E-state index in [9.17, 15) is 0 Å². The Morgan fingerprint density at radius 2 is 1.20 bits per heavy atom. The zero-order valence-electron chi connectivity index (χ0n) is 20.8. The van der Waals surface area contributed by atoms with Crippen LogP contribution in [-0.2, 0) is 12.8 Å². The minimum atomic E-state index is -2.20. The number of aryl methyl sites for hydroxylation is 1. The molecule has 0 aromatic heterocycles. The van der Waals surface area contributed by atoms with E-state index in [1.165, 1.54) is 64.8 Å². The van der Waals surface area contributed by atoms with Crippen molar-refractivity contribution in [3.63, 3.8) is 0 Å². The van der Waals surface area contributed by atoms with Crippen molar-refractivity contribution >= 4 is 23.6 Å². The predicted octanol–water partition coefficient (Wildman–Crippen LogP) is 6.14. The lowest BCUT2D eigenvalue weighted by Gasteiger charge is -2.34. The molecule has 0 radical (unpaired) electrons. The molecule has 0 atom stereocenters. The van der Waals surface area contributed by atoms with Crippen molar-refractivity contribution in [1.82, 2.24) is 0 Å². The third-order valence-electron chi connectivity index (χ3n) is 7.91. The molecule has 4 aromatic rings. The summed E-state index contributed by atoms with van der Waals surface area (Å²) in [5, 5.41) is 4.41. The van der Waals surface area contributed by atoms with Crippen LogP contribution in [0, 0.1) is 5.92 Å². The minimum Gasteiger partial charge on any atom is -0.497 e. The summed E-state index contributed by atoms with van der Waals surface area (Å²) in [5.74, 6) is 1.84. The molecule has 2 heteroatoms. The molecule has 0 amide bonds. The van der Waals surface area contributed by atoms with Gasteiger partial charge in [0, 0.05) is 0 Å². The predicted molar refractivity (Wildman–Crippen MR) is 151 cm³/mol. The van der Waals surface area contributed by atoms with Crippen LogP contribution in [0.2, 0.25) is 6.04 Å². The van der Waals surface area contributed by atoms with Crippen LogP contribution in [0.15, 0.2) is 109 Å². The van der Waals surface area contributed by atoms with E-state index in [-0.39, 0.29) is 0 Å². The second kappa shape index (κ2) is 11.1. The SMILES string of the molecule is COc1ccc([Si](CCCc2ccc(CC3CCC3)cc2)(c2ccccc2)c2ccccc2)cc1. The molecule has 0 bridgehead atoms. The summed E-state index contributed by atoms with van der Waals surface area (Å²) in [4.78, 5) is 0. The molecule has 1 saturated carbocycles. The Hall–Kier alpha value is -3.10. The lowest BCUT2D eigenvalue weighted by Crippen LogP contribution is -2.66. The molecule has 1 aliphatic carbocycles. The number of hydrogen-bond donors (Lipinski definition) is 0. The Bertz CT molecular complexity index is 1140. The average molecular weight is 477 g/mol. The summed E-state index contributed by atoms with van der Waals surface area (Å²) >= 11 is 0. The molecular weight excluding hydrogens is 440 g/mol. The first-order chi connectivity index (χ1) is 17.3. The van der Waals surface area contributed by atoms with Crippen molar-refractivity contribution < 1.29 is 4.74 Å². The quantitative estimate of drug-likeness (QED) is 0.197. The smallest absolute Gasteiger partial charge is 0.148 e. The van der Waals surface area contributed by atoms with Crippen LogP contribution in [0.1, 0.15) is 36.8 Å². The lowest BCUT2D eigenvalue weighted by atomic mass is 9.81. The first-order valence-corrected chi connectivity index (χ1v) is 15.3. The lowest BCUT2D eigenvalue weighted by molar-refractivity contribution is 0.314. The van der Waals surface area contributed by atoms with Gasteiger partial charge >= 0.3 is 0 Å². The number of hydrogen-bond acceptors (Lipinski definition) is 1. The summed E-state index contributed by atoms with van der Waals surface area (Å²) in [5.41, 5.74) is 2.97. The molecule has 1 aliphatic rings. The molecule has 5 rings (SSSR count). The summed E-state index contributed by atoms with van der Waals surface area (Å²) in [7, 11) is -0.457. The maximum Gasteiger partial charge on any atom is 0.148 e. The number of ether oxygens (including phenoxy) is 1. The van der Waals surface area contributed by atoms with E-state index in [1.807, 2.05) is 0 Å². The summed E-state index contributed by atoms with van der Waals surface area (Å²) in [6.45, 7) is 0. The molecular formula is C33H36OSi. The van der Waals surface area contributed by atoms with Crippen LogP contribution in [0.3, 0.4) is 0 Å². The molecule has 178 valence electrons. The van der Waals surface area contributed by atoms with Crippen molar-refractivity contribution in [2.45, 2.75) is 44.6 Å². The molecule has 0 N–H and O–H groups in total. The first-order valence-electron chi connectivity index (χ1n) is 13.1. The molecule has 0 spiro atoms. The molecule has 0 aliphatic heterocycles. The number of rotatable bonds is 10. The second-order valence-corrected chi connectivity index (χ2v) is 14.1. The monoisotopic (exact) mass is 476 g/mol. The van der Waals surface area contributed by atoms with Crippen LogP contribution in [-0.4, -0.2) is 15.2 Å². The van der Waals surface area contributed by atoms with Crippen molar-refractivity contribution in [3.8, 4) is 5.75 Å². The van der Waals surface area contributed by atoms with Gasteiger partial charge in [0.2, 0.25) is 0 Å². The standard InChI is InChI=1S/C33H36OSi/c1-34-30-21-23-33(24-22-30)35(31-13-4-2-5-14-31,32-15-6-3-7-16-32)25-9-12-27-17-19-29(20-18-27)26-28-10-8-11-28/h2-7,13-24,28H,8-12,25-26H2,1H3. The fourth-order valence-corrected chi connectivity index (χ4v) is 10.5. The van der Waals surface area contributed by atoms with Gasteiger partial charge in [-0.15, -0.1) is 0 Å². The zero-order valence-corrected chi connectivity index (χ0v) is 21.8. The van der Waals surface area contributed by atoms with Gasteiger partial charge in [-0.1, -0.05) is 123 Å². The second-order valence-electron chi connectivity index (χ2n) is 10.0. The van der Waals surface area contributed by atoms with Crippen LogP contribution in [0.5, 0.6) is 5.75 Å². The third kappa shape index (κ3) is 5.28. The van der Waals surface area contributed by atoms with E-state index < -0.39 is 8.07 Å². The van der Waals surface area contributed by atoms with Gasteiger partial charge in [-0.25, -0.2) is 0 Å². The highest BCUT2D eigenvalue weighted by molar-refractivity contribution is 7.11. The largest absolute Gasteiger partial charge is 0.497 e. The van der Waals surface area contributed by atoms with E-state index in [0.29, 0.717) is 0 Å². The van der Waals surface area contributed by atoms with Gasteiger partial charge in [-0.3, -0.25) is 0 Å². The van der Waals surface area contributed by atoms with Crippen molar-refractivity contribution in [2.75, 3.05) is 7.11 Å². The highest BCUT2D eigenvalue weighted by Crippen LogP contribution is 2.30. The van der Waals surface area contributed by atoms with Gasteiger partial charge in [-0.2, -0.15) is 0 Å². The average Bonchev–Trinajstić information content (AvgIpc) is 2.91. The Morgan fingerprint density at radius 1 is 0.657 bits per heavy atom. The normalized spacial score (nSPS) is 13.9. The van der Waals surface area contributed by atoms with Crippen LogP contribution in [0.25, 0.3) is 0 Å². The fraction of sp³-hybridized carbons (Fsp3) is 0.273. The first kappa shape index (κ1) is 23.6. The van der Waals surface area contributed by atoms with E-state index in [1.54, 1.807) is 7.11 Å². The fourth-order valence-electron chi connectivity index (χ4n) is 5.68. The molecule has 1 fully saturated rings. The van der Waals surface area contributed by atoms with E-state index in [0.717, 1.165) is 18.1 Å². The van der Waals surface area contributed by atoms with Crippen LogP contribution in [0.4, 0.5) is 0 Å². The Morgan fingerprint density at radius 3 is 1.71 bits per heavy atom. The Labute approximate surface area is 211 Å². The van der Waals surface area contributed by atoms with Crippen molar-refractivity contribution in [3.05, 3.63) is 120 Å². The van der Waals surface area contributed by atoms with Crippen LogP contribution >= 0.6 is 0 Å². The topological polar surface area (TPSA) is 9.23 Å². The third-order valence-corrected chi connectivity index (χ3v) is 13.0. The molecule has 0 saturated heterocycles. The van der Waals surface area contributed by atoms with Gasteiger partial charge in [0.1, 0.15) is 13.8 Å². The number of benzene rings is 4. The van der Waals surface area contributed by atoms with E-state index in [2.05, 4.69) is 109 Å². The van der Waals surface area contributed by atoms with Gasteiger partial charge in [0.05, 0.1) is 7.11 Å². The maximum atomic E-state index is 5.49. The van der Waals surface area contributed by atoms with Gasteiger partial charge < -0.3 is 4.74 Å². The highest BCUT2D eigenvalue weighted by Gasteiger charge is 2.38. The van der Waals surface area contributed by atoms with Crippen LogP contribution < -0.4 is 20.3 Å². The van der Waals surface area contributed by atoms with Gasteiger partial charge in [0.25, 0.3) is 0 Å². The molecule has 0 unspecified atom stereocenters. The Balaban J connectivity index is 1.43. The molecule has 0 heterocycles. The van der Waals surface area contributed by atoms with Crippen molar-refractivity contribution in [2.24, 2.45) is 5.92 Å². The van der Waals surface area contributed by atoms with E-state index >= 15 is 0 Å². The highest BCUT2D eigenvalue weighted by atomic mass is 28.3.